The van der Waals surface area contributed by atoms with Crippen molar-refractivity contribution in [2.45, 2.75) is 25.8 Å². The molecule has 0 aromatic carbocycles. The summed E-state index contributed by atoms with van der Waals surface area (Å²) in [6.45, 7) is 3.80. The van der Waals surface area contributed by atoms with Gasteiger partial charge in [0, 0.05) is 38.4 Å². The summed E-state index contributed by atoms with van der Waals surface area (Å²) in [6, 6.07) is 0. The molecule has 94 valence electrons. The third kappa shape index (κ3) is 3.85. The van der Waals surface area contributed by atoms with Gasteiger partial charge in [-0.25, -0.2) is 4.98 Å². The molecule has 0 radical (unpaired) electrons. The topological polar surface area (TPSA) is 47.4 Å². The Hall–Kier alpha value is -1.36. The average Bonchev–Trinajstić information content (AvgIpc) is 2.88. The molecule has 1 aromatic heterocycles. The molecule has 1 aliphatic rings. The fraction of sp³-hybridized carbons (Fsp3) is 0.667. The second kappa shape index (κ2) is 6.39. The van der Waals surface area contributed by atoms with E-state index in [1.54, 1.807) is 6.20 Å². The number of carbonyl (C=O) groups excluding carboxylic acids is 1. The minimum Gasteiger partial charge on any atom is -0.378 e. The van der Waals surface area contributed by atoms with Gasteiger partial charge in [-0.3, -0.25) is 4.79 Å². The van der Waals surface area contributed by atoms with E-state index in [0.29, 0.717) is 19.6 Å². The van der Waals surface area contributed by atoms with E-state index in [0.717, 1.165) is 32.5 Å². The smallest absolute Gasteiger partial charge is 0.222 e. The minimum atomic E-state index is 0.263. The highest BCUT2D eigenvalue weighted by molar-refractivity contribution is 5.76. The highest BCUT2D eigenvalue weighted by Crippen LogP contribution is 2.05. The van der Waals surface area contributed by atoms with Crippen LogP contribution in [-0.2, 0) is 16.1 Å². The quantitative estimate of drug-likeness (QED) is 0.715. The van der Waals surface area contributed by atoms with E-state index < -0.39 is 0 Å². The van der Waals surface area contributed by atoms with Crippen LogP contribution in [0.4, 0.5) is 0 Å². The lowest BCUT2D eigenvalue weighted by Crippen LogP contribution is -2.40. The van der Waals surface area contributed by atoms with Gasteiger partial charge in [0.25, 0.3) is 0 Å². The van der Waals surface area contributed by atoms with Crippen LogP contribution in [-0.4, -0.2) is 46.7 Å². The maximum Gasteiger partial charge on any atom is 0.222 e. The number of hydrogen-bond donors (Lipinski definition) is 0. The molecule has 5 nitrogen and oxygen atoms in total. The molecular weight excluding hydrogens is 218 g/mol. The highest BCUT2D eigenvalue weighted by atomic mass is 16.5. The van der Waals surface area contributed by atoms with E-state index in [-0.39, 0.29) is 5.91 Å². The van der Waals surface area contributed by atoms with E-state index in [9.17, 15) is 4.79 Å². The lowest BCUT2D eigenvalue weighted by Gasteiger charge is -2.26. The predicted octanol–water partition coefficient (Wildman–Crippen LogP) is 0.912. The van der Waals surface area contributed by atoms with Gasteiger partial charge >= 0.3 is 0 Å². The molecule has 2 heterocycles. The van der Waals surface area contributed by atoms with Gasteiger partial charge in [-0.2, -0.15) is 0 Å². The number of imidazole rings is 1. The first-order chi connectivity index (χ1) is 8.36. The van der Waals surface area contributed by atoms with Gasteiger partial charge < -0.3 is 14.2 Å². The number of unbranched alkanes of at least 4 members (excludes halogenated alkanes) is 1. The van der Waals surface area contributed by atoms with Crippen LogP contribution in [0.15, 0.2) is 18.7 Å². The van der Waals surface area contributed by atoms with Gasteiger partial charge in [0.05, 0.1) is 19.5 Å². The summed E-state index contributed by atoms with van der Waals surface area (Å²) in [5.74, 6) is 0.263. The largest absolute Gasteiger partial charge is 0.378 e. The molecule has 0 N–H and O–H groups in total. The molecule has 5 heteroatoms. The molecule has 1 aliphatic heterocycles. The summed E-state index contributed by atoms with van der Waals surface area (Å²) in [5.41, 5.74) is 0. The van der Waals surface area contributed by atoms with Crippen LogP contribution in [0.1, 0.15) is 19.3 Å². The van der Waals surface area contributed by atoms with Crippen molar-refractivity contribution in [3.8, 4) is 0 Å². The van der Waals surface area contributed by atoms with Gasteiger partial charge in [0.15, 0.2) is 0 Å². The maximum absolute atomic E-state index is 11.8. The Bertz CT molecular complexity index is 332. The first-order valence-electron chi connectivity index (χ1n) is 6.17. The van der Waals surface area contributed by atoms with Gasteiger partial charge in [-0.05, 0) is 12.8 Å². The Morgan fingerprint density at radius 3 is 2.82 bits per heavy atom. The molecule has 0 atom stereocenters. The van der Waals surface area contributed by atoms with Crippen molar-refractivity contribution in [3.63, 3.8) is 0 Å². The van der Waals surface area contributed by atoms with Crippen molar-refractivity contribution in [2.75, 3.05) is 26.3 Å². The summed E-state index contributed by atoms with van der Waals surface area (Å²) >= 11 is 0. The predicted molar refractivity (Wildman–Crippen MR) is 63.5 cm³/mol. The molecule has 2 rings (SSSR count). The molecule has 1 fully saturated rings. The van der Waals surface area contributed by atoms with Crippen LogP contribution >= 0.6 is 0 Å². The summed E-state index contributed by atoms with van der Waals surface area (Å²) in [4.78, 5) is 17.7. The Labute approximate surface area is 101 Å². The maximum atomic E-state index is 11.8. The van der Waals surface area contributed by atoms with Crippen molar-refractivity contribution in [3.05, 3.63) is 18.7 Å². The standard InChI is InChI=1S/C12H19N3O2/c16-12(15-7-9-17-10-8-15)3-1-2-5-14-6-4-13-11-14/h4,6,11H,1-3,5,7-10H2. The fourth-order valence-corrected chi connectivity index (χ4v) is 1.96. The van der Waals surface area contributed by atoms with Crippen molar-refractivity contribution in [1.29, 1.82) is 0 Å². The van der Waals surface area contributed by atoms with Crippen molar-refractivity contribution >= 4 is 5.91 Å². The number of amides is 1. The zero-order valence-electron chi connectivity index (χ0n) is 10.0. The Morgan fingerprint density at radius 2 is 2.12 bits per heavy atom. The number of aryl methyl sites for hydroxylation is 1. The number of nitrogens with zero attached hydrogens (tertiary/aromatic N) is 3. The van der Waals surface area contributed by atoms with Crippen LogP contribution < -0.4 is 0 Å². The van der Waals surface area contributed by atoms with Crippen LogP contribution in [0.2, 0.25) is 0 Å². The number of carbonyl (C=O) groups is 1. The number of morpholine rings is 1. The second-order valence-electron chi connectivity index (χ2n) is 4.25. The van der Waals surface area contributed by atoms with Crippen LogP contribution in [0, 0.1) is 0 Å². The first kappa shape index (κ1) is 12.1. The van der Waals surface area contributed by atoms with E-state index in [4.69, 9.17) is 4.74 Å². The minimum absolute atomic E-state index is 0.263. The van der Waals surface area contributed by atoms with E-state index in [1.165, 1.54) is 0 Å². The van der Waals surface area contributed by atoms with Gasteiger partial charge in [-0.1, -0.05) is 0 Å². The molecule has 0 aliphatic carbocycles. The molecule has 1 aromatic rings. The van der Waals surface area contributed by atoms with Crippen molar-refractivity contribution in [2.24, 2.45) is 0 Å². The molecule has 0 spiro atoms. The van der Waals surface area contributed by atoms with Gasteiger partial charge in [-0.15, -0.1) is 0 Å². The van der Waals surface area contributed by atoms with Crippen molar-refractivity contribution in [1.82, 2.24) is 14.5 Å². The van der Waals surface area contributed by atoms with E-state index in [2.05, 4.69) is 4.98 Å². The van der Waals surface area contributed by atoms with E-state index in [1.807, 2.05) is 22.0 Å². The molecular formula is C12H19N3O2. The third-order valence-corrected chi connectivity index (χ3v) is 2.98. The molecule has 0 unspecified atom stereocenters. The Balaban J connectivity index is 1.59. The zero-order chi connectivity index (χ0) is 11.9. The lowest BCUT2D eigenvalue weighted by molar-refractivity contribution is -0.135. The number of hydrogen-bond acceptors (Lipinski definition) is 3. The lowest BCUT2D eigenvalue weighted by atomic mass is 10.2. The number of rotatable bonds is 5. The molecule has 1 saturated heterocycles. The summed E-state index contributed by atoms with van der Waals surface area (Å²) in [5, 5.41) is 0. The zero-order valence-corrected chi connectivity index (χ0v) is 10.0. The number of ether oxygens (including phenoxy) is 1. The molecule has 0 bridgehead atoms. The summed E-state index contributed by atoms with van der Waals surface area (Å²) < 4.78 is 7.26. The fourth-order valence-electron chi connectivity index (χ4n) is 1.96. The summed E-state index contributed by atoms with van der Waals surface area (Å²) in [7, 11) is 0. The third-order valence-electron chi connectivity index (χ3n) is 2.98. The van der Waals surface area contributed by atoms with Gasteiger partial charge in [0.1, 0.15) is 0 Å². The molecule has 1 amide bonds. The van der Waals surface area contributed by atoms with Gasteiger partial charge in [0.2, 0.25) is 5.91 Å². The Kier molecular flexibility index (Phi) is 4.55. The monoisotopic (exact) mass is 237 g/mol. The van der Waals surface area contributed by atoms with E-state index >= 15 is 0 Å². The summed E-state index contributed by atoms with van der Waals surface area (Å²) in [6.07, 6.45) is 8.14. The van der Waals surface area contributed by atoms with Crippen LogP contribution in [0.25, 0.3) is 0 Å². The van der Waals surface area contributed by atoms with Crippen molar-refractivity contribution < 1.29 is 9.53 Å². The second-order valence-corrected chi connectivity index (χ2v) is 4.25. The highest BCUT2D eigenvalue weighted by Gasteiger charge is 2.15. The molecule has 0 saturated carbocycles. The average molecular weight is 237 g/mol. The Morgan fingerprint density at radius 1 is 1.29 bits per heavy atom. The van der Waals surface area contributed by atoms with Crippen LogP contribution in [0.5, 0.6) is 0 Å². The van der Waals surface area contributed by atoms with Crippen LogP contribution in [0.3, 0.4) is 0 Å². The SMILES string of the molecule is O=C(CCCCn1ccnc1)N1CCOCC1. The normalized spacial score (nSPS) is 16.1. The first-order valence-corrected chi connectivity index (χ1v) is 6.17. The number of aromatic nitrogens is 2. The molecule has 17 heavy (non-hydrogen) atoms.